The van der Waals surface area contributed by atoms with E-state index in [2.05, 4.69) is 56.0 Å². The highest BCUT2D eigenvalue weighted by atomic mass is 32.2. The molecule has 2 rings (SSSR count). The van der Waals surface area contributed by atoms with Crippen LogP contribution in [-0.4, -0.2) is 15.6 Å². The third kappa shape index (κ3) is 1.88. The van der Waals surface area contributed by atoms with Crippen molar-refractivity contribution < 1.29 is 0 Å². The van der Waals surface area contributed by atoms with Crippen molar-refractivity contribution in [3.63, 3.8) is 0 Å². The molecule has 15 heavy (non-hydrogen) atoms. The number of hydrogen-bond acceptors (Lipinski definition) is 2. The molecular formula is C12H16N2S. The molecule has 0 saturated carbocycles. The van der Waals surface area contributed by atoms with Crippen LogP contribution in [0.15, 0.2) is 29.6 Å². The number of fused-ring (bicyclic) bond motifs is 1. The predicted molar refractivity (Wildman–Crippen MR) is 65.7 cm³/mol. The Labute approximate surface area is 94.7 Å². The highest BCUT2D eigenvalue weighted by molar-refractivity contribution is 7.98. The summed E-state index contributed by atoms with van der Waals surface area (Å²) in [5.41, 5.74) is 2.46. The zero-order valence-corrected chi connectivity index (χ0v) is 10.4. The second kappa shape index (κ2) is 3.56. The molecule has 0 aromatic carbocycles. The molecule has 3 heteroatoms. The van der Waals surface area contributed by atoms with Crippen molar-refractivity contribution in [1.29, 1.82) is 0 Å². The van der Waals surface area contributed by atoms with Crippen LogP contribution in [-0.2, 0) is 5.41 Å². The molecule has 0 aliphatic heterocycles. The van der Waals surface area contributed by atoms with E-state index in [1.54, 1.807) is 11.8 Å². The maximum atomic E-state index is 4.70. The molecule has 0 unspecified atom stereocenters. The summed E-state index contributed by atoms with van der Waals surface area (Å²) in [5, 5.41) is 1.07. The smallest absolute Gasteiger partial charge is 0.113 e. The Bertz CT molecular complexity index is 480. The maximum absolute atomic E-state index is 4.70. The molecule has 0 amide bonds. The van der Waals surface area contributed by atoms with Gasteiger partial charge in [0.1, 0.15) is 5.03 Å². The van der Waals surface area contributed by atoms with Crippen LogP contribution < -0.4 is 0 Å². The molecule has 80 valence electrons. The molecule has 2 nitrogen and oxygen atoms in total. The third-order valence-electron chi connectivity index (χ3n) is 2.41. The Morgan fingerprint density at radius 2 is 2.07 bits per heavy atom. The summed E-state index contributed by atoms with van der Waals surface area (Å²) in [4.78, 5) is 4.70. The van der Waals surface area contributed by atoms with Crippen LogP contribution in [0.1, 0.15) is 26.5 Å². The summed E-state index contributed by atoms with van der Waals surface area (Å²) in [6.45, 7) is 6.60. The zero-order valence-electron chi connectivity index (χ0n) is 9.61. The van der Waals surface area contributed by atoms with Crippen LogP contribution >= 0.6 is 11.8 Å². The SMILES string of the molecule is CSc1cn2cccc2c(C(C)(C)C)n1. The molecule has 0 bridgehead atoms. The summed E-state index contributed by atoms with van der Waals surface area (Å²) in [6.07, 6.45) is 6.21. The molecule has 0 aliphatic rings. The van der Waals surface area contributed by atoms with E-state index in [1.807, 2.05) is 0 Å². The molecule has 0 spiro atoms. The monoisotopic (exact) mass is 220 g/mol. The van der Waals surface area contributed by atoms with Crippen LogP contribution in [0.25, 0.3) is 5.52 Å². The van der Waals surface area contributed by atoms with E-state index in [0.29, 0.717) is 0 Å². The van der Waals surface area contributed by atoms with Gasteiger partial charge in [0.25, 0.3) is 0 Å². The molecule has 2 aromatic rings. The van der Waals surface area contributed by atoms with Crippen molar-refractivity contribution in [2.45, 2.75) is 31.2 Å². The molecule has 0 atom stereocenters. The lowest BCUT2D eigenvalue weighted by atomic mass is 9.91. The molecule has 0 radical (unpaired) electrons. The molecule has 0 saturated heterocycles. The van der Waals surface area contributed by atoms with Crippen molar-refractivity contribution in [2.24, 2.45) is 0 Å². The van der Waals surface area contributed by atoms with Gasteiger partial charge in [-0.25, -0.2) is 4.98 Å². The van der Waals surface area contributed by atoms with E-state index in [1.165, 1.54) is 11.2 Å². The number of thioether (sulfide) groups is 1. The number of nitrogens with zero attached hydrogens (tertiary/aromatic N) is 2. The fourth-order valence-electron chi connectivity index (χ4n) is 1.67. The van der Waals surface area contributed by atoms with Crippen LogP contribution in [0.4, 0.5) is 0 Å². The highest BCUT2D eigenvalue weighted by Crippen LogP contribution is 2.27. The maximum Gasteiger partial charge on any atom is 0.113 e. The second-order valence-electron chi connectivity index (χ2n) is 4.68. The zero-order chi connectivity index (χ0) is 11.1. The Morgan fingerprint density at radius 1 is 1.33 bits per heavy atom. The first kappa shape index (κ1) is 10.6. The molecule has 2 heterocycles. The van der Waals surface area contributed by atoms with E-state index in [9.17, 15) is 0 Å². The van der Waals surface area contributed by atoms with Crippen molar-refractivity contribution in [1.82, 2.24) is 9.38 Å². The van der Waals surface area contributed by atoms with Gasteiger partial charge in [0.05, 0.1) is 11.2 Å². The average Bonchev–Trinajstić information content (AvgIpc) is 2.61. The Balaban J connectivity index is 2.74. The van der Waals surface area contributed by atoms with E-state index in [4.69, 9.17) is 4.98 Å². The van der Waals surface area contributed by atoms with Gasteiger partial charge in [0.2, 0.25) is 0 Å². The number of aromatic nitrogens is 2. The molecule has 2 aromatic heterocycles. The van der Waals surface area contributed by atoms with Crippen molar-refractivity contribution in [3.05, 3.63) is 30.2 Å². The molecule has 0 aliphatic carbocycles. The molecule has 0 N–H and O–H groups in total. The normalized spacial score (nSPS) is 12.3. The van der Waals surface area contributed by atoms with Gasteiger partial charge in [0.15, 0.2) is 0 Å². The standard InChI is InChI=1S/C12H16N2S/c1-12(2,3)11-9-6-5-7-14(9)8-10(13-11)15-4/h5-8H,1-4H3. The minimum Gasteiger partial charge on any atom is -0.319 e. The van der Waals surface area contributed by atoms with E-state index >= 15 is 0 Å². The van der Waals surface area contributed by atoms with Crippen LogP contribution in [0.5, 0.6) is 0 Å². The van der Waals surface area contributed by atoms with Gasteiger partial charge >= 0.3 is 0 Å². The number of hydrogen-bond donors (Lipinski definition) is 0. The largest absolute Gasteiger partial charge is 0.319 e. The highest BCUT2D eigenvalue weighted by Gasteiger charge is 2.19. The van der Waals surface area contributed by atoms with E-state index in [0.717, 1.165) is 5.03 Å². The van der Waals surface area contributed by atoms with Gasteiger partial charge < -0.3 is 4.40 Å². The van der Waals surface area contributed by atoms with Gasteiger partial charge in [-0.2, -0.15) is 0 Å². The van der Waals surface area contributed by atoms with Crippen LogP contribution in [0.3, 0.4) is 0 Å². The van der Waals surface area contributed by atoms with Crippen LogP contribution in [0, 0.1) is 0 Å². The predicted octanol–water partition coefficient (Wildman–Crippen LogP) is 3.35. The van der Waals surface area contributed by atoms with Crippen molar-refractivity contribution in [3.8, 4) is 0 Å². The number of rotatable bonds is 1. The first-order valence-electron chi connectivity index (χ1n) is 5.04. The Morgan fingerprint density at radius 3 is 2.67 bits per heavy atom. The summed E-state index contributed by atoms with van der Waals surface area (Å²) in [7, 11) is 0. The summed E-state index contributed by atoms with van der Waals surface area (Å²) in [5.74, 6) is 0. The lowest BCUT2D eigenvalue weighted by Crippen LogP contribution is -2.15. The Kier molecular flexibility index (Phi) is 2.51. The van der Waals surface area contributed by atoms with Gasteiger partial charge in [-0.1, -0.05) is 20.8 Å². The average molecular weight is 220 g/mol. The van der Waals surface area contributed by atoms with Crippen molar-refractivity contribution in [2.75, 3.05) is 6.26 Å². The lowest BCUT2D eigenvalue weighted by Gasteiger charge is -2.19. The van der Waals surface area contributed by atoms with Gasteiger partial charge in [-0.05, 0) is 18.4 Å². The second-order valence-corrected chi connectivity index (χ2v) is 5.51. The first-order chi connectivity index (χ1) is 7.02. The third-order valence-corrected chi connectivity index (χ3v) is 3.03. The van der Waals surface area contributed by atoms with Gasteiger partial charge in [-0.3, -0.25) is 0 Å². The minimum absolute atomic E-state index is 0.0886. The molecule has 0 fully saturated rings. The minimum atomic E-state index is 0.0886. The fourth-order valence-corrected chi connectivity index (χ4v) is 2.07. The van der Waals surface area contributed by atoms with Gasteiger partial charge in [0, 0.05) is 17.8 Å². The quantitative estimate of drug-likeness (QED) is 0.686. The fraction of sp³-hybridized carbons (Fsp3) is 0.417. The summed E-state index contributed by atoms with van der Waals surface area (Å²) >= 11 is 1.69. The van der Waals surface area contributed by atoms with Gasteiger partial charge in [-0.15, -0.1) is 11.8 Å². The van der Waals surface area contributed by atoms with E-state index in [-0.39, 0.29) is 5.41 Å². The van der Waals surface area contributed by atoms with E-state index < -0.39 is 0 Å². The Hall–Kier alpha value is -0.960. The first-order valence-corrected chi connectivity index (χ1v) is 6.27. The topological polar surface area (TPSA) is 17.3 Å². The molecular weight excluding hydrogens is 204 g/mol. The lowest BCUT2D eigenvalue weighted by molar-refractivity contribution is 0.565. The van der Waals surface area contributed by atoms with Crippen LogP contribution in [0.2, 0.25) is 0 Å². The van der Waals surface area contributed by atoms with Crippen molar-refractivity contribution >= 4 is 17.3 Å². The summed E-state index contributed by atoms with van der Waals surface area (Å²) in [6, 6.07) is 4.19. The summed E-state index contributed by atoms with van der Waals surface area (Å²) < 4.78 is 2.15.